The van der Waals surface area contributed by atoms with Crippen LogP contribution in [-0.2, 0) is 24.7 Å². The van der Waals surface area contributed by atoms with Crippen LogP contribution in [0, 0.1) is 22.7 Å². The summed E-state index contributed by atoms with van der Waals surface area (Å²) in [5.74, 6) is -1.61. The van der Waals surface area contributed by atoms with Crippen molar-refractivity contribution in [2.45, 2.75) is 64.8 Å². The van der Waals surface area contributed by atoms with Crippen LogP contribution in [0.1, 0.15) is 52.5 Å². The molecule has 0 amide bonds. The van der Waals surface area contributed by atoms with Crippen molar-refractivity contribution in [3.8, 4) is 0 Å². The van der Waals surface area contributed by atoms with Crippen LogP contribution < -0.4 is 0 Å². The van der Waals surface area contributed by atoms with E-state index < -0.39 is 29.3 Å². The second-order valence-corrected chi connectivity index (χ2v) is 10.5. The number of hydrogen-bond donors (Lipinski definition) is 0. The van der Waals surface area contributed by atoms with Gasteiger partial charge in [0, 0.05) is 30.4 Å². The third-order valence-electron chi connectivity index (χ3n) is 7.84. The van der Waals surface area contributed by atoms with Crippen LogP contribution in [-0.4, -0.2) is 31.1 Å². The number of rotatable bonds is 4. The van der Waals surface area contributed by atoms with Crippen molar-refractivity contribution in [3.63, 3.8) is 0 Å². The van der Waals surface area contributed by atoms with E-state index in [0.717, 1.165) is 19.1 Å². The second-order valence-electron chi connectivity index (χ2n) is 10.5. The highest BCUT2D eigenvalue weighted by Crippen LogP contribution is 2.66. The Bertz CT molecular complexity index is 981. The fourth-order valence-corrected chi connectivity index (χ4v) is 6.62. The first-order chi connectivity index (χ1) is 14.8. The number of fused-ring (bicyclic) bond motifs is 3. The van der Waals surface area contributed by atoms with Gasteiger partial charge in [0.1, 0.15) is 6.10 Å². The monoisotopic (exact) mass is 450 g/mol. The maximum absolute atomic E-state index is 14.4. The highest BCUT2D eigenvalue weighted by Gasteiger charge is 2.68. The molecule has 174 valence electrons. The maximum Gasteiger partial charge on any atom is 0.432 e. The molecule has 4 rings (SSSR count). The van der Waals surface area contributed by atoms with E-state index in [1.54, 1.807) is 13.0 Å². The Labute approximate surface area is 186 Å². The van der Waals surface area contributed by atoms with E-state index in [0.29, 0.717) is 12.0 Å². The third-order valence-corrected chi connectivity index (χ3v) is 7.84. The van der Waals surface area contributed by atoms with Crippen LogP contribution in [0.25, 0.3) is 0 Å². The van der Waals surface area contributed by atoms with Gasteiger partial charge in [0.2, 0.25) is 0 Å². The van der Waals surface area contributed by atoms with Crippen molar-refractivity contribution >= 4 is 11.8 Å². The van der Waals surface area contributed by atoms with Crippen LogP contribution in [0.5, 0.6) is 0 Å². The SMILES string of the molecule is CO[C@@](C(=O)O[C@H]1[C@H]2CC(C)(C)C[C@H]2C2=C(C)C(=O)C[C@@]21C)(c1ccccc1)C(F)(F)F. The Morgan fingerprint density at radius 2 is 1.72 bits per heavy atom. The number of ketones is 1. The van der Waals surface area contributed by atoms with Gasteiger partial charge in [-0.3, -0.25) is 4.79 Å². The lowest BCUT2D eigenvalue weighted by atomic mass is 9.76. The van der Waals surface area contributed by atoms with Gasteiger partial charge in [-0.05, 0) is 36.7 Å². The summed E-state index contributed by atoms with van der Waals surface area (Å²) in [7, 11) is 0.869. The molecule has 7 heteroatoms. The van der Waals surface area contributed by atoms with E-state index in [2.05, 4.69) is 13.8 Å². The van der Waals surface area contributed by atoms with Crippen molar-refractivity contribution in [1.82, 2.24) is 0 Å². The van der Waals surface area contributed by atoms with E-state index in [1.165, 1.54) is 24.3 Å². The molecule has 0 bridgehead atoms. The second kappa shape index (κ2) is 7.17. The zero-order chi connectivity index (χ0) is 23.7. The van der Waals surface area contributed by atoms with Gasteiger partial charge in [-0.25, -0.2) is 4.79 Å². The van der Waals surface area contributed by atoms with E-state index in [-0.39, 0.29) is 35.0 Å². The molecule has 0 spiro atoms. The van der Waals surface area contributed by atoms with Crippen molar-refractivity contribution < 1.29 is 32.2 Å². The normalized spacial score (nSPS) is 33.1. The summed E-state index contributed by atoms with van der Waals surface area (Å²) in [5.41, 5.74) is -2.77. The Morgan fingerprint density at radius 1 is 1.09 bits per heavy atom. The first kappa shape index (κ1) is 23.0. The Balaban J connectivity index is 1.78. The zero-order valence-electron chi connectivity index (χ0n) is 19.0. The predicted molar refractivity (Wildman–Crippen MR) is 111 cm³/mol. The molecule has 0 radical (unpaired) electrons. The van der Waals surface area contributed by atoms with Crippen LogP contribution >= 0.6 is 0 Å². The molecular formula is C25H29F3O4. The Hall–Kier alpha value is -2.15. The van der Waals surface area contributed by atoms with Gasteiger partial charge < -0.3 is 9.47 Å². The average molecular weight is 450 g/mol. The fourth-order valence-electron chi connectivity index (χ4n) is 6.62. The quantitative estimate of drug-likeness (QED) is 0.579. The van der Waals surface area contributed by atoms with Gasteiger partial charge in [0.05, 0.1) is 0 Å². The molecule has 3 aliphatic rings. The topological polar surface area (TPSA) is 52.6 Å². The molecule has 0 heterocycles. The van der Waals surface area contributed by atoms with Crippen molar-refractivity contribution in [2.75, 3.05) is 7.11 Å². The molecule has 5 atom stereocenters. The van der Waals surface area contributed by atoms with Crippen molar-refractivity contribution in [3.05, 3.63) is 47.0 Å². The summed E-state index contributed by atoms with van der Waals surface area (Å²) in [6.07, 6.45) is -4.17. The smallest absolute Gasteiger partial charge is 0.432 e. The third kappa shape index (κ3) is 3.07. The molecule has 0 aromatic heterocycles. The number of alkyl halides is 3. The lowest BCUT2D eigenvalue weighted by molar-refractivity contribution is -0.280. The minimum Gasteiger partial charge on any atom is -0.458 e. The van der Waals surface area contributed by atoms with Gasteiger partial charge in [0.15, 0.2) is 5.78 Å². The fraction of sp³-hybridized carbons (Fsp3) is 0.600. The molecular weight excluding hydrogens is 421 g/mol. The zero-order valence-corrected chi connectivity index (χ0v) is 19.0. The van der Waals surface area contributed by atoms with Gasteiger partial charge in [-0.15, -0.1) is 0 Å². The van der Waals surface area contributed by atoms with E-state index in [4.69, 9.17) is 9.47 Å². The molecule has 2 saturated carbocycles. The van der Waals surface area contributed by atoms with E-state index in [9.17, 15) is 22.8 Å². The van der Waals surface area contributed by atoms with Gasteiger partial charge >= 0.3 is 12.1 Å². The Kier molecular flexibility index (Phi) is 5.16. The summed E-state index contributed by atoms with van der Waals surface area (Å²) in [4.78, 5) is 26.0. The number of hydrogen-bond acceptors (Lipinski definition) is 4. The predicted octanol–water partition coefficient (Wildman–Crippen LogP) is 5.36. The lowest BCUT2D eigenvalue weighted by Crippen LogP contribution is -2.53. The van der Waals surface area contributed by atoms with Gasteiger partial charge in [-0.1, -0.05) is 56.7 Å². The van der Waals surface area contributed by atoms with Crippen molar-refractivity contribution in [1.29, 1.82) is 0 Å². The van der Waals surface area contributed by atoms with E-state index >= 15 is 0 Å². The van der Waals surface area contributed by atoms with Crippen LogP contribution in [0.2, 0.25) is 0 Å². The van der Waals surface area contributed by atoms with Gasteiger partial charge in [-0.2, -0.15) is 13.2 Å². The first-order valence-electron chi connectivity index (χ1n) is 10.9. The lowest BCUT2D eigenvalue weighted by Gasteiger charge is -2.38. The first-order valence-corrected chi connectivity index (χ1v) is 10.9. The molecule has 1 aromatic rings. The van der Waals surface area contributed by atoms with Crippen LogP contribution in [0.15, 0.2) is 41.5 Å². The van der Waals surface area contributed by atoms with E-state index in [1.807, 2.05) is 6.92 Å². The van der Waals surface area contributed by atoms with Crippen LogP contribution in [0.3, 0.4) is 0 Å². The average Bonchev–Trinajstić information content (AvgIpc) is 3.19. The van der Waals surface area contributed by atoms with Crippen molar-refractivity contribution in [2.24, 2.45) is 22.7 Å². The molecule has 0 N–H and O–H groups in total. The number of carbonyl (C=O) groups excluding carboxylic acids is 2. The number of ether oxygens (including phenoxy) is 2. The number of Topliss-reactive ketones (excluding diaryl/α,β-unsaturated/α-hetero) is 1. The number of benzene rings is 1. The standard InChI is InChI=1S/C25H29F3O4/c1-14-18(29)13-23(4)19(14)16-11-22(2,3)12-17(16)20(23)32-21(30)24(31-5,25(26,27)28)15-9-7-6-8-10-15/h6-10,16-17,20H,11-13H2,1-5H3/t16-,17+,20+,23+,24-/m1/s1. The number of carbonyl (C=O) groups is 2. The summed E-state index contributed by atoms with van der Waals surface area (Å²) in [6, 6.07) is 6.84. The molecule has 32 heavy (non-hydrogen) atoms. The van der Waals surface area contributed by atoms with Crippen LogP contribution in [0.4, 0.5) is 13.2 Å². The molecule has 0 saturated heterocycles. The molecule has 3 aliphatic carbocycles. The highest BCUT2D eigenvalue weighted by atomic mass is 19.4. The summed E-state index contributed by atoms with van der Waals surface area (Å²) in [6.45, 7) is 7.85. The largest absolute Gasteiger partial charge is 0.458 e. The molecule has 1 aromatic carbocycles. The summed E-state index contributed by atoms with van der Waals surface area (Å²) < 4.78 is 53.8. The summed E-state index contributed by atoms with van der Waals surface area (Å²) in [5, 5.41) is 0. The molecule has 0 aliphatic heterocycles. The minimum atomic E-state index is -5.03. The molecule has 4 nitrogen and oxygen atoms in total. The maximum atomic E-state index is 14.4. The van der Waals surface area contributed by atoms with Gasteiger partial charge in [0.25, 0.3) is 5.60 Å². The number of esters is 1. The molecule has 0 unspecified atom stereocenters. The Morgan fingerprint density at radius 3 is 2.28 bits per heavy atom. The number of methoxy groups -OCH3 is 1. The minimum absolute atomic E-state index is 0.0245. The molecule has 2 fully saturated rings. The highest BCUT2D eigenvalue weighted by molar-refractivity contribution is 6.00. The number of halogens is 3. The number of allylic oxidation sites excluding steroid dienone is 1. The summed E-state index contributed by atoms with van der Waals surface area (Å²) >= 11 is 0.